The average Bonchev–Trinajstić information content (AvgIpc) is 2.33. The molecule has 110 valence electrons. The molecule has 0 spiro atoms. The molecule has 0 aliphatic rings. The standard InChI is InChI=1S/C16H24N2O2/c1-11(2)10-18(12(3)4)16-13(5)8-14(9-17-16)6-7-15(19)20/h6-9,11-12H,10H2,1-5H3,(H,19,20)/b7-6+. The van der Waals surface area contributed by atoms with Crippen LogP contribution in [0.15, 0.2) is 18.3 Å². The Kier molecular flexibility index (Phi) is 5.74. The Labute approximate surface area is 121 Å². The number of carboxylic acid groups (broad SMARTS) is 1. The van der Waals surface area contributed by atoms with E-state index in [2.05, 4.69) is 37.6 Å². The molecular formula is C16H24N2O2. The zero-order valence-corrected chi connectivity index (χ0v) is 12.9. The van der Waals surface area contributed by atoms with E-state index in [1.54, 1.807) is 12.3 Å². The first kappa shape index (κ1) is 16.2. The molecular weight excluding hydrogens is 252 g/mol. The van der Waals surface area contributed by atoms with Gasteiger partial charge in [0.25, 0.3) is 0 Å². The summed E-state index contributed by atoms with van der Waals surface area (Å²) in [7, 11) is 0. The van der Waals surface area contributed by atoms with E-state index in [0.717, 1.165) is 29.6 Å². The van der Waals surface area contributed by atoms with Gasteiger partial charge in [0.15, 0.2) is 0 Å². The van der Waals surface area contributed by atoms with Crippen molar-refractivity contribution in [2.75, 3.05) is 11.4 Å². The topological polar surface area (TPSA) is 53.4 Å². The molecule has 20 heavy (non-hydrogen) atoms. The molecule has 0 amide bonds. The van der Waals surface area contributed by atoms with E-state index in [9.17, 15) is 4.79 Å². The zero-order valence-electron chi connectivity index (χ0n) is 12.9. The van der Waals surface area contributed by atoms with Gasteiger partial charge in [0.05, 0.1) is 0 Å². The van der Waals surface area contributed by atoms with Crippen LogP contribution >= 0.6 is 0 Å². The van der Waals surface area contributed by atoms with Crippen LogP contribution in [0.2, 0.25) is 0 Å². The Morgan fingerprint density at radius 3 is 2.50 bits per heavy atom. The minimum Gasteiger partial charge on any atom is -0.478 e. The number of pyridine rings is 1. The molecule has 1 heterocycles. The summed E-state index contributed by atoms with van der Waals surface area (Å²) in [5.41, 5.74) is 1.87. The van der Waals surface area contributed by atoms with Crippen LogP contribution in [-0.2, 0) is 4.79 Å². The summed E-state index contributed by atoms with van der Waals surface area (Å²) in [6, 6.07) is 2.35. The van der Waals surface area contributed by atoms with Gasteiger partial charge in [-0.2, -0.15) is 0 Å². The van der Waals surface area contributed by atoms with E-state index in [4.69, 9.17) is 5.11 Å². The maximum atomic E-state index is 10.5. The fourth-order valence-corrected chi connectivity index (χ4v) is 2.08. The van der Waals surface area contributed by atoms with Crippen LogP contribution in [0.4, 0.5) is 5.82 Å². The third-order valence-electron chi connectivity index (χ3n) is 2.95. The lowest BCUT2D eigenvalue weighted by molar-refractivity contribution is -0.131. The molecule has 0 bridgehead atoms. The first-order valence-electron chi connectivity index (χ1n) is 6.95. The number of carboxylic acids is 1. The monoisotopic (exact) mass is 276 g/mol. The largest absolute Gasteiger partial charge is 0.478 e. The van der Waals surface area contributed by atoms with Gasteiger partial charge < -0.3 is 10.0 Å². The zero-order chi connectivity index (χ0) is 15.3. The Balaban J connectivity index is 3.03. The first-order chi connectivity index (χ1) is 9.31. The van der Waals surface area contributed by atoms with Crippen LogP contribution in [-0.4, -0.2) is 28.6 Å². The molecule has 0 saturated carbocycles. The van der Waals surface area contributed by atoms with Gasteiger partial charge in [0.1, 0.15) is 5.82 Å². The first-order valence-corrected chi connectivity index (χ1v) is 6.95. The highest BCUT2D eigenvalue weighted by molar-refractivity contribution is 5.85. The van der Waals surface area contributed by atoms with E-state index >= 15 is 0 Å². The van der Waals surface area contributed by atoms with Gasteiger partial charge in [-0.25, -0.2) is 9.78 Å². The second kappa shape index (κ2) is 7.08. The Hall–Kier alpha value is -1.84. The van der Waals surface area contributed by atoms with Crippen LogP contribution < -0.4 is 4.90 Å². The van der Waals surface area contributed by atoms with Gasteiger partial charge in [-0.05, 0) is 50.0 Å². The van der Waals surface area contributed by atoms with Gasteiger partial charge in [-0.1, -0.05) is 13.8 Å². The summed E-state index contributed by atoms with van der Waals surface area (Å²) in [5, 5.41) is 8.64. The molecule has 1 aromatic heterocycles. The maximum Gasteiger partial charge on any atom is 0.328 e. The van der Waals surface area contributed by atoms with Gasteiger partial charge in [-0.3, -0.25) is 0 Å². The van der Waals surface area contributed by atoms with Gasteiger partial charge in [0.2, 0.25) is 0 Å². The van der Waals surface area contributed by atoms with Crippen LogP contribution in [0.3, 0.4) is 0 Å². The van der Waals surface area contributed by atoms with Crippen molar-refractivity contribution >= 4 is 17.9 Å². The highest BCUT2D eigenvalue weighted by Crippen LogP contribution is 2.22. The van der Waals surface area contributed by atoms with Crippen molar-refractivity contribution in [2.24, 2.45) is 5.92 Å². The predicted molar refractivity (Wildman–Crippen MR) is 83.0 cm³/mol. The van der Waals surface area contributed by atoms with Crippen molar-refractivity contribution in [3.8, 4) is 0 Å². The van der Waals surface area contributed by atoms with Crippen LogP contribution in [0.25, 0.3) is 6.08 Å². The SMILES string of the molecule is Cc1cc(/C=C/C(=O)O)cnc1N(CC(C)C)C(C)C. The highest BCUT2D eigenvalue weighted by atomic mass is 16.4. The Morgan fingerprint density at radius 2 is 2.05 bits per heavy atom. The summed E-state index contributed by atoms with van der Waals surface area (Å²) in [4.78, 5) is 17.3. The maximum absolute atomic E-state index is 10.5. The summed E-state index contributed by atoms with van der Waals surface area (Å²) >= 11 is 0. The average molecular weight is 276 g/mol. The summed E-state index contributed by atoms with van der Waals surface area (Å²) in [6.07, 6.45) is 4.41. The lowest BCUT2D eigenvalue weighted by Crippen LogP contribution is -2.35. The molecule has 0 aromatic carbocycles. The van der Waals surface area contributed by atoms with Gasteiger partial charge >= 0.3 is 5.97 Å². The van der Waals surface area contributed by atoms with E-state index < -0.39 is 5.97 Å². The molecule has 1 aromatic rings. The number of nitrogens with zero attached hydrogens (tertiary/aromatic N) is 2. The van der Waals surface area contributed by atoms with Crippen LogP contribution in [0, 0.1) is 12.8 Å². The third-order valence-corrected chi connectivity index (χ3v) is 2.95. The Morgan fingerprint density at radius 1 is 1.40 bits per heavy atom. The van der Waals surface area contributed by atoms with E-state index in [1.165, 1.54) is 0 Å². The quantitative estimate of drug-likeness (QED) is 0.809. The van der Waals surface area contributed by atoms with Crippen molar-refractivity contribution in [3.05, 3.63) is 29.5 Å². The number of aliphatic carboxylic acids is 1. The van der Waals surface area contributed by atoms with Crippen molar-refractivity contribution < 1.29 is 9.90 Å². The van der Waals surface area contributed by atoms with Crippen LogP contribution in [0.1, 0.15) is 38.8 Å². The van der Waals surface area contributed by atoms with Crippen molar-refractivity contribution in [2.45, 2.75) is 40.7 Å². The second-order valence-electron chi connectivity index (χ2n) is 5.72. The second-order valence-corrected chi connectivity index (χ2v) is 5.72. The molecule has 0 atom stereocenters. The molecule has 1 N–H and O–H groups in total. The van der Waals surface area contributed by atoms with Crippen molar-refractivity contribution in [1.29, 1.82) is 0 Å². The lowest BCUT2D eigenvalue weighted by Gasteiger charge is -2.31. The molecule has 0 radical (unpaired) electrons. The summed E-state index contributed by atoms with van der Waals surface area (Å²) in [5.74, 6) is 0.585. The molecule has 4 nitrogen and oxygen atoms in total. The number of anilines is 1. The third kappa shape index (κ3) is 4.68. The molecule has 0 fully saturated rings. The van der Waals surface area contributed by atoms with E-state index in [1.807, 2.05) is 13.0 Å². The van der Waals surface area contributed by atoms with Gasteiger partial charge in [-0.15, -0.1) is 0 Å². The number of aryl methyl sites for hydroxylation is 1. The predicted octanol–water partition coefficient (Wildman–Crippen LogP) is 3.36. The summed E-state index contributed by atoms with van der Waals surface area (Å²) < 4.78 is 0. The van der Waals surface area contributed by atoms with Crippen LogP contribution in [0.5, 0.6) is 0 Å². The van der Waals surface area contributed by atoms with E-state index in [-0.39, 0.29) is 0 Å². The molecule has 0 saturated heterocycles. The molecule has 4 heteroatoms. The number of aromatic nitrogens is 1. The number of hydrogen-bond donors (Lipinski definition) is 1. The summed E-state index contributed by atoms with van der Waals surface area (Å²) in [6.45, 7) is 11.7. The normalized spacial score (nSPS) is 11.6. The Bertz CT molecular complexity index is 493. The fourth-order valence-electron chi connectivity index (χ4n) is 2.08. The van der Waals surface area contributed by atoms with Crippen molar-refractivity contribution in [3.63, 3.8) is 0 Å². The number of rotatable bonds is 6. The lowest BCUT2D eigenvalue weighted by atomic mass is 10.1. The highest BCUT2D eigenvalue weighted by Gasteiger charge is 2.15. The molecule has 0 aliphatic carbocycles. The molecule has 0 unspecified atom stereocenters. The molecule has 1 rings (SSSR count). The van der Waals surface area contributed by atoms with Crippen molar-refractivity contribution in [1.82, 2.24) is 4.98 Å². The van der Waals surface area contributed by atoms with E-state index in [0.29, 0.717) is 12.0 Å². The number of carbonyl (C=O) groups is 1. The minimum atomic E-state index is -0.949. The van der Waals surface area contributed by atoms with Gasteiger partial charge in [0, 0.05) is 24.9 Å². The smallest absolute Gasteiger partial charge is 0.328 e. The fraction of sp³-hybridized carbons (Fsp3) is 0.500. The number of hydrogen-bond acceptors (Lipinski definition) is 3. The molecule has 0 aliphatic heterocycles. The minimum absolute atomic E-state index is 0.379.